The number of para-hydroxylation sites is 2. The molecule has 0 aliphatic carbocycles. The van der Waals surface area contributed by atoms with Gasteiger partial charge in [0, 0.05) is 23.5 Å². The second-order valence-electron chi connectivity index (χ2n) is 9.49. The molecule has 0 radical (unpaired) electrons. The van der Waals surface area contributed by atoms with Crippen molar-refractivity contribution in [2.45, 2.75) is 31.5 Å². The summed E-state index contributed by atoms with van der Waals surface area (Å²) in [4.78, 5) is 43.3. The first-order chi connectivity index (χ1) is 20.0. The van der Waals surface area contributed by atoms with Crippen molar-refractivity contribution in [2.75, 3.05) is 12.0 Å². The van der Waals surface area contributed by atoms with Crippen molar-refractivity contribution in [1.29, 1.82) is 0 Å². The molecule has 10 nitrogen and oxygen atoms in total. The maximum atomic E-state index is 13.9. The maximum absolute atomic E-state index is 13.9. The van der Waals surface area contributed by atoms with Gasteiger partial charge >= 0.3 is 6.09 Å². The van der Waals surface area contributed by atoms with E-state index in [1.807, 2.05) is 73.1 Å². The minimum absolute atomic E-state index is 0.0740. The average Bonchev–Trinajstić information content (AvgIpc) is 3.62. The predicted molar refractivity (Wildman–Crippen MR) is 159 cm³/mol. The second-order valence-corrected chi connectivity index (χ2v) is 10.5. The van der Waals surface area contributed by atoms with Crippen molar-refractivity contribution in [1.82, 2.24) is 30.6 Å². The van der Waals surface area contributed by atoms with Crippen LogP contribution in [0.5, 0.6) is 0 Å². The molecule has 0 spiro atoms. The standard InChI is InChI=1S/C30H30N6O4S/c1-41-16-15-25(33-30(39)40-19-20-9-3-2-4-10-20)28(37)32-26(17-21-18-31-23-12-6-5-11-22(21)23)29(38)36-27-14-8-7-13-24(27)34-35-36/h2-14,18,25-26,31H,15-17,19H2,1H3,(H,32,37)(H,33,39)/t25-,26-/m0/s1. The molecule has 3 aromatic carbocycles. The van der Waals surface area contributed by atoms with Crippen LogP contribution in [0.25, 0.3) is 21.9 Å². The fraction of sp³-hybridized carbons (Fsp3) is 0.233. The molecule has 210 valence electrons. The number of nitrogens with zero attached hydrogens (tertiary/aromatic N) is 3. The number of alkyl carbamates (subject to hydrolysis) is 1. The van der Waals surface area contributed by atoms with E-state index in [0.717, 1.165) is 22.0 Å². The van der Waals surface area contributed by atoms with Crippen LogP contribution >= 0.6 is 11.8 Å². The van der Waals surface area contributed by atoms with Crippen molar-refractivity contribution in [3.63, 3.8) is 0 Å². The quantitative estimate of drug-likeness (QED) is 0.215. The fourth-order valence-electron chi connectivity index (χ4n) is 4.58. The van der Waals surface area contributed by atoms with Crippen LogP contribution in [-0.4, -0.2) is 62.0 Å². The summed E-state index contributed by atoms with van der Waals surface area (Å²) in [7, 11) is 0. The highest BCUT2D eigenvalue weighted by Gasteiger charge is 2.30. The van der Waals surface area contributed by atoms with E-state index in [1.165, 1.54) is 4.68 Å². The van der Waals surface area contributed by atoms with Crippen LogP contribution in [0.2, 0.25) is 0 Å². The Labute approximate surface area is 240 Å². The summed E-state index contributed by atoms with van der Waals surface area (Å²) in [5.41, 5.74) is 3.72. The van der Waals surface area contributed by atoms with Crippen molar-refractivity contribution in [3.05, 3.63) is 96.2 Å². The number of carbonyl (C=O) groups excluding carboxylic acids is 3. The van der Waals surface area contributed by atoms with E-state index in [4.69, 9.17) is 4.74 Å². The zero-order valence-corrected chi connectivity index (χ0v) is 23.3. The smallest absolute Gasteiger partial charge is 0.408 e. The molecule has 0 unspecified atom stereocenters. The van der Waals surface area contributed by atoms with E-state index >= 15 is 0 Å². The van der Waals surface area contributed by atoms with E-state index in [2.05, 4.69) is 25.9 Å². The number of aromatic nitrogens is 4. The number of amides is 2. The number of aromatic amines is 1. The topological polar surface area (TPSA) is 131 Å². The third-order valence-electron chi connectivity index (χ3n) is 6.71. The molecule has 0 aliphatic heterocycles. The molecule has 0 saturated carbocycles. The molecule has 5 rings (SSSR count). The summed E-state index contributed by atoms with van der Waals surface area (Å²) in [6.07, 6.45) is 3.60. The first kappa shape index (κ1) is 27.9. The van der Waals surface area contributed by atoms with Crippen molar-refractivity contribution < 1.29 is 19.1 Å². The lowest BCUT2D eigenvalue weighted by Gasteiger charge is -2.22. The van der Waals surface area contributed by atoms with Gasteiger partial charge in [0.2, 0.25) is 5.91 Å². The van der Waals surface area contributed by atoms with E-state index in [9.17, 15) is 14.4 Å². The summed E-state index contributed by atoms with van der Waals surface area (Å²) < 4.78 is 6.57. The highest BCUT2D eigenvalue weighted by molar-refractivity contribution is 7.98. The number of fused-ring (bicyclic) bond motifs is 2. The molecular weight excluding hydrogens is 540 g/mol. The molecule has 0 fully saturated rings. The van der Waals surface area contributed by atoms with Crippen LogP contribution < -0.4 is 10.6 Å². The molecule has 2 aromatic heterocycles. The summed E-state index contributed by atoms with van der Waals surface area (Å²) in [5.74, 6) is -0.308. The highest BCUT2D eigenvalue weighted by atomic mass is 32.2. The largest absolute Gasteiger partial charge is 0.445 e. The summed E-state index contributed by atoms with van der Waals surface area (Å²) in [6.45, 7) is 0.0740. The number of H-pyrrole nitrogens is 1. The SMILES string of the molecule is CSCC[C@H](NC(=O)OCc1ccccc1)C(=O)N[C@@H](Cc1c[nH]c2ccccc12)C(=O)n1nnc2ccccc21. The average molecular weight is 571 g/mol. The molecule has 2 heterocycles. The van der Waals surface area contributed by atoms with Gasteiger partial charge in [0.15, 0.2) is 0 Å². The van der Waals surface area contributed by atoms with Gasteiger partial charge in [0.05, 0.1) is 5.52 Å². The van der Waals surface area contributed by atoms with Crippen LogP contribution in [0.15, 0.2) is 85.1 Å². The molecule has 41 heavy (non-hydrogen) atoms. The Kier molecular flexibility index (Phi) is 8.95. The fourth-order valence-corrected chi connectivity index (χ4v) is 5.06. The first-order valence-corrected chi connectivity index (χ1v) is 14.6. The van der Waals surface area contributed by atoms with Gasteiger partial charge in [-0.25, -0.2) is 4.79 Å². The lowest BCUT2D eigenvalue weighted by molar-refractivity contribution is -0.123. The van der Waals surface area contributed by atoms with E-state index in [0.29, 0.717) is 23.2 Å². The van der Waals surface area contributed by atoms with Crippen molar-refractivity contribution in [3.8, 4) is 0 Å². The van der Waals surface area contributed by atoms with Gasteiger partial charge in [0.1, 0.15) is 24.2 Å². The summed E-state index contributed by atoms with van der Waals surface area (Å²) >= 11 is 1.55. The van der Waals surface area contributed by atoms with E-state index in [-0.39, 0.29) is 13.0 Å². The lowest BCUT2D eigenvalue weighted by Crippen LogP contribution is -2.53. The number of hydrogen-bond acceptors (Lipinski definition) is 7. The summed E-state index contributed by atoms with van der Waals surface area (Å²) in [5, 5.41) is 14.7. The third-order valence-corrected chi connectivity index (χ3v) is 7.35. The normalized spacial score (nSPS) is 12.6. The monoisotopic (exact) mass is 570 g/mol. The third kappa shape index (κ3) is 6.75. The minimum atomic E-state index is -0.981. The van der Waals surface area contributed by atoms with Crippen LogP contribution in [-0.2, 0) is 22.6 Å². The zero-order chi connectivity index (χ0) is 28.6. The molecule has 5 aromatic rings. The van der Waals surface area contributed by atoms with Gasteiger partial charge in [-0.2, -0.15) is 16.4 Å². The van der Waals surface area contributed by atoms with Gasteiger partial charge in [-0.15, -0.1) is 5.10 Å². The number of carbonyl (C=O) groups is 3. The molecular formula is C30H30N6O4S. The Hall–Kier alpha value is -4.64. The lowest BCUT2D eigenvalue weighted by atomic mass is 10.0. The molecule has 3 N–H and O–H groups in total. The molecule has 0 saturated heterocycles. The number of rotatable bonds is 11. The number of ether oxygens (including phenoxy) is 1. The first-order valence-electron chi connectivity index (χ1n) is 13.2. The van der Waals surface area contributed by atoms with Gasteiger partial charge in [-0.3, -0.25) is 9.59 Å². The molecule has 2 atom stereocenters. The molecule has 2 amide bonds. The number of benzene rings is 3. The number of thioether (sulfide) groups is 1. The number of nitrogens with one attached hydrogen (secondary N) is 3. The van der Waals surface area contributed by atoms with Crippen LogP contribution in [0.4, 0.5) is 4.79 Å². The van der Waals surface area contributed by atoms with Gasteiger partial charge in [-0.05, 0) is 47.8 Å². The Morgan fingerprint density at radius 3 is 2.54 bits per heavy atom. The summed E-state index contributed by atoms with van der Waals surface area (Å²) in [6, 6.07) is 22.3. The number of hydrogen-bond donors (Lipinski definition) is 3. The zero-order valence-electron chi connectivity index (χ0n) is 22.4. The van der Waals surface area contributed by atoms with Crippen LogP contribution in [0.3, 0.4) is 0 Å². The Morgan fingerprint density at radius 1 is 0.951 bits per heavy atom. The van der Waals surface area contributed by atoms with Crippen molar-refractivity contribution in [2.24, 2.45) is 0 Å². The Bertz CT molecular complexity index is 1650. The van der Waals surface area contributed by atoms with Crippen LogP contribution in [0.1, 0.15) is 22.3 Å². The molecule has 11 heteroatoms. The molecule has 0 bridgehead atoms. The van der Waals surface area contributed by atoms with Gasteiger partial charge < -0.3 is 20.4 Å². The van der Waals surface area contributed by atoms with E-state index in [1.54, 1.807) is 30.0 Å². The minimum Gasteiger partial charge on any atom is -0.445 e. The van der Waals surface area contributed by atoms with Crippen molar-refractivity contribution >= 4 is 51.6 Å². The maximum Gasteiger partial charge on any atom is 0.408 e. The van der Waals surface area contributed by atoms with Gasteiger partial charge in [-0.1, -0.05) is 65.9 Å². The van der Waals surface area contributed by atoms with Gasteiger partial charge in [0.25, 0.3) is 5.91 Å². The second kappa shape index (κ2) is 13.1. The Morgan fingerprint density at radius 2 is 1.71 bits per heavy atom. The molecule has 0 aliphatic rings. The van der Waals surface area contributed by atoms with Crippen LogP contribution in [0, 0.1) is 0 Å². The Balaban J connectivity index is 1.37. The predicted octanol–water partition coefficient (Wildman–Crippen LogP) is 4.33. The van der Waals surface area contributed by atoms with E-state index < -0.39 is 30.0 Å². The highest BCUT2D eigenvalue weighted by Crippen LogP contribution is 2.20.